The quantitative estimate of drug-likeness (QED) is 0.685. The number of aromatic amines is 1. The van der Waals surface area contributed by atoms with Gasteiger partial charge >= 0.3 is 0 Å². The molecule has 0 aliphatic carbocycles. The first-order valence-electron chi connectivity index (χ1n) is 7.48. The Morgan fingerprint density at radius 1 is 1.42 bits per heavy atom. The molecule has 3 aromatic rings. The predicted octanol–water partition coefficient (Wildman–Crippen LogP) is 2.93. The molecule has 1 aliphatic heterocycles. The minimum atomic E-state index is 0.123. The van der Waals surface area contributed by atoms with Crippen LogP contribution in [-0.4, -0.2) is 39.5 Å². The summed E-state index contributed by atoms with van der Waals surface area (Å²) in [6, 6.07) is 9.14. The van der Waals surface area contributed by atoms with E-state index in [9.17, 15) is 5.11 Å². The lowest BCUT2D eigenvalue weighted by Crippen LogP contribution is -2.25. The number of H-pyrrole nitrogens is 1. The van der Waals surface area contributed by atoms with Crippen LogP contribution in [0.15, 0.2) is 46.8 Å². The fraction of sp³-hybridized carbons (Fsp3) is 0.176. The molecular formula is C17H16N4O3. The van der Waals surface area contributed by atoms with Gasteiger partial charge in [0.2, 0.25) is 0 Å². The molecule has 0 amide bonds. The summed E-state index contributed by atoms with van der Waals surface area (Å²) in [6.45, 7) is 0.683. The van der Waals surface area contributed by atoms with Gasteiger partial charge in [0.1, 0.15) is 28.9 Å². The number of hydrogen-bond acceptors (Lipinski definition) is 5. The van der Waals surface area contributed by atoms with Crippen LogP contribution in [0.5, 0.6) is 5.75 Å². The number of benzene rings is 1. The third-order valence-electron chi connectivity index (χ3n) is 4.03. The van der Waals surface area contributed by atoms with Crippen LogP contribution >= 0.6 is 0 Å². The highest BCUT2D eigenvalue weighted by Crippen LogP contribution is 2.29. The first-order chi connectivity index (χ1) is 11.7. The Morgan fingerprint density at radius 2 is 2.29 bits per heavy atom. The molecule has 3 N–H and O–H groups in total. The van der Waals surface area contributed by atoms with Crippen molar-refractivity contribution in [3.8, 4) is 5.75 Å². The Bertz CT molecular complexity index is 940. The number of imidazole rings is 1. The van der Waals surface area contributed by atoms with E-state index in [-0.39, 0.29) is 18.1 Å². The lowest BCUT2D eigenvalue weighted by atomic mass is 10.2. The van der Waals surface area contributed by atoms with Crippen molar-refractivity contribution >= 4 is 22.4 Å². The van der Waals surface area contributed by atoms with Crippen molar-refractivity contribution < 1.29 is 14.3 Å². The average molecular weight is 324 g/mol. The lowest BCUT2D eigenvalue weighted by Gasteiger charge is -2.16. The average Bonchev–Trinajstić information content (AvgIpc) is 3.27. The van der Waals surface area contributed by atoms with E-state index in [2.05, 4.69) is 9.97 Å². The van der Waals surface area contributed by atoms with Gasteiger partial charge in [0.25, 0.3) is 0 Å². The number of nitrogens with one attached hydrogen (secondary N) is 2. The first-order valence-corrected chi connectivity index (χ1v) is 7.48. The summed E-state index contributed by atoms with van der Waals surface area (Å²) in [4.78, 5) is 9.37. The summed E-state index contributed by atoms with van der Waals surface area (Å²) in [7, 11) is 1.60. The minimum Gasteiger partial charge on any atom is -0.510 e. The van der Waals surface area contributed by atoms with Crippen LogP contribution in [0.25, 0.3) is 16.6 Å². The van der Waals surface area contributed by atoms with E-state index in [1.807, 2.05) is 24.3 Å². The molecule has 0 saturated carbocycles. The Balaban J connectivity index is 1.65. The Kier molecular flexibility index (Phi) is 3.26. The molecule has 24 heavy (non-hydrogen) atoms. The highest BCUT2D eigenvalue weighted by molar-refractivity contribution is 6.23. The minimum absolute atomic E-state index is 0.123. The van der Waals surface area contributed by atoms with Gasteiger partial charge in [0, 0.05) is 6.07 Å². The van der Waals surface area contributed by atoms with Gasteiger partial charge in [-0.3, -0.25) is 5.41 Å². The SMILES string of the molecule is COc1ccc2nc(C3=C(O)CN(Cc4ccco4)C3=N)[nH]c2c1. The molecule has 122 valence electrons. The molecule has 1 aromatic carbocycles. The summed E-state index contributed by atoms with van der Waals surface area (Å²) in [6.07, 6.45) is 1.59. The summed E-state index contributed by atoms with van der Waals surface area (Å²) < 4.78 is 10.5. The van der Waals surface area contributed by atoms with Gasteiger partial charge in [-0.1, -0.05) is 0 Å². The fourth-order valence-electron chi connectivity index (χ4n) is 2.84. The Labute approximate surface area is 137 Å². The monoisotopic (exact) mass is 324 g/mol. The molecule has 0 spiro atoms. The van der Waals surface area contributed by atoms with E-state index in [4.69, 9.17) is 14.6 Å². The first kappa shape index (κ1) is 14.4. The number of aromatic nitrogens is 2. The lowest BCUT2D eigenvalue weighted by molar-refractivity contribution is 0.328. The molecular weight excluding hydrogens is 308 g/mol. The zero-order chi connectivity index (χ0) is 16.7. The van der Waals surface area contributed by atoms with Crippen molar-refractivity contribution in [2.45, 2.75) is 6.54 Å². The zero-order valence-corrected chi connectivity index (χ0v) is 13.0. The van der Waals surface area contributed by atoms with Gasteiger partial charge in [-0.2, -0.15) is 0 Å². The number of nitrogens with zero attached hydrogens (tertiary/aromatic N) is 2. The molecule has 0 atom stereocenters. The number of aliphatic hydroxyl groups excluding tert-OH is 1. The standard InChI is InChI=1S/C17H16N4O3/c1-23-10-4-5-12-13(7-10)20-17(19-12)15-14(22)9-21(16(15)18)8-11-3-2-6-24-11/h2-7,18,22H,8-9H2,1H3,(H,19,20). The predicted molar refractivity (Wildman–Crippen MR) is 89.0 cm³/mol. The molecule has 7 nitrogen and oxygen atoms in total. The summed E-state index contributed by atoms with van der Waals surface area (Å²) in [5, 5.41) is 18.7. The third kappa shape index (κ3) is 2.30. The van der Waals surface area contributed by atoms with E-state index < -0.39 is 0 Å². The summed E-state index contributed by atoms with van der Waals surface area (Å²) in [5.41, 5.74) is 1.96. The molecule has 0 bridgehead atoms. The summed E-state index contributed by atoms with van der Waals surface area (Å²) >= 11 is 0. The molecule has 4 rings (SSSR count). The van der Waals surface area contributed by atoms with E-state index in [1.54, 1.807) is 24.3 Å². The molecule has 3 heterocycles. The van der Waals surface area contributed by atoms with Crippen LogP contribution < -0.4 is 4.74 Å². The number of furan rings is 1. The van der Waals surface area contributed by atoms with E-state index >= 15 is 0 Å². The number of fused-ring (bicyclic) bond motifs is 1. The van der Waals surface area contributed by atoms with Crippen LogP contribution in [0.2, 0.25) is 0 Å². The third-order valence-corrected chi connectivity index (χ3v) is 4.03. The van der Waals surface area contributed by atoms with E-state index in [0.717, 1.165) is 22.5 Å². The maximum atomic E-state index is 10.3. The van der Waals surface area contributed by atoms with Crippen LogP contribution in [0.1, 0.15) is 11.6 Å². The molecule has 0 unspecified atom stereocenters. The molecule has 0 saturated heterocycles. The normalized spacial score (nSPS) is 14.9. The van der Waals surface area contributed by atoms with Crippen LogP contribution in [0, 0.1) is 5.41 Å². The topological polar surface area (TPSA) is 98.4 Å². The Hall–Kier alpha value is -3.22. The van der Waals surface area contributed by atoms with Gasteiger partial charge in [-0.05, 0) is 24.3 Å². The van der Waals surface area contributed by atoms with Crippen LogP contribution in [-0.2, 0) is 6.54 Å². The number of hydrogen-bond donors (Lipinski definition) is 3. The number of aliphatic hydroxyl groups is 1. The smallest absolute Gasteiger partial charge is 0.145 e. The van der Waals surface area contributed by atoms with Crippen molar-refractivity contribution in [2.24, 2.45) is 0 Å². The molecule has 2 aromatic heterocycles. The van der Waals surface area contributed by atoms with Crippen LogP contribution in [0.3, 0.4) is 0 Å². The fourth-order valence-corrected chi connectivity index (χ4v) is 2.84. The molecule has 0 radical (unpaired) electrons. The highest BCUT2D eigenvalue weighted by Gasteiger charge is 2.30. The van der Waals surface area contributed by atoms with Crippen molar-refractivity contribution in [1.29, 1.82) is 5.41 Å². The highest BCUT2D eigenvalue weighted by atomic mass is 16.5. The Morgan fingerprint density at radius 3 is 3.04 bits per heavy atom. The maximum Gasteiger partial charge on any atom is 0.145 e. The second-order valence-electron chi connectivity index (χ2n) is 5.57. The number of methoxy groups -OCH3 is 1. The van der Waals surface area contributed by atoms with Crippen molar-refractivity contribution in [3.05, 3.63) is 53.9 Å². The van der Waals surface area contributed by atoms with E-state index in [1.165, 1.54) is 0 Å². The van der Waals surface area contributed by atoms with Gasteiger partial charge in [0.05, 0.1) is 43.1 Å². The molecule has 1 aliphatic rings. The zero-order valence-electron chi connectivity index (χ0n) is 13.0. The van der Waals surface area contributed by atoms with Crippen molar-refractivity contribution in [1.82, 2.24) is 14.9 Å². The second kappa shape index (κ2) is 5.45. The van der Waals surface area contributed by atoms with Crippen molar-refractivity contribution in [3.63, 3.8) is 0 Å². The summed E-state index contributed by atoms with van der Waals surface area (Å²) in [5.74, 6) is 2.27. The number of ether oxygens (including phenoxy) is 1. The largest absolute Gasteiger partial charge is 0.510 e. The number of rotatable bonds is 4. The molecule has 7 heteroatoms. The van der Waals surface area contributed by atoms with Gasteiger partial charge in [0.15, 0.2) is 0 Å². The second-order valence-corrected chi connectivity index (χ2v) is 5.57. The van der Waals surface area contributed by atoms with Crippen LogP contribution in [0.4, 0.5) is 0 Å². The van der Waals surface area contributed by atoms with Gasteiger partial charge < -0.3 is 24.1 Å². The van der Waals surface area contributed by atoms with Crippen molar-refractivity contribution in [2.75, 3.05) is 13.7 Å². The molecule has 0 fully saturated rings. The maximum absolute atomic E-state index is 10.3. The van der Waals surface area contributed by atoms with Gasteiger partial charge in [-0.25, -0.2) is 4.98 Å². The van der Waals surface area contributed by atoms with E-state index in [0.29, 0.717) is 17.9 Å². The van der Waals surface area contributed by atoms with Gasteiger partial charge in [-0.15, -0.1) is 0 Å². The number of amidine groups is 1.